The van der Waals surface area contributed by atoms with Gasteiger partial charge in [0.1, 0.15) is 10.6 Å². The molecular formula is C27H34N2O7S2. The second-order valence-corrected chi connectivity index (χ2v) is 11.5. The molecule has 0 aliphatic heterocycles. The van der Waals surface area contributed by atoms with E-state index in [4.69, 9.17) is 0 Å². The molecule has 0 aliphatic carbocycles. The first-order valence-electron chi connectivity index (χ1n) is 12.4. The van der Waals surface area contributed by atoms with Gasteiger partial charge in [-0.25, -0.2) is 0 Å². The molecule has 3 N–H and O–H groups in total. The van der Waals surface area contributed by atoms with E-state index in [1.54, 1.807) is 0 Å². The normalized spacial score (nSPS) is 12.1. The topological polar surface area (TPSA) is 135 Å². The van der Waals surface area contributed by atoms with Gasteiger partial charge in [-0.3, -0.25) is 9.11 Å². The van der Waals surface area contributed by atoms with E-state index >= 15 is 0 Å². The van der Waals surface area contributed by atoms with E-state index in [2.05, 4.69) is 9.80 Å². The van der Waals surface area contributed by atoms with Crippen LogP contribution in [0.25, 0.3) is 0 Å². The molecule has 9 nitrogen and oxygen atoms in total. The molecule has 0 spiro atoms. The summed E-state index contributed by atoms with van der Waals surface area (Å²) in [6.07, 6.45) is 0. The standard InChI is InChI=1S/C27H34N2O7S2/c1-5-28(6-2)21-13-9-19(10-14-21)27(20-11-15-22(16-12-20)29(7-3)8-4)23-17-24(30)26(38(34,35)36)18-25(23)37(31,32)33/h9-18,27,30H,5-8H2,1-4H3,(H,31,32,33)(H,34,35,36). The third kappa shape index (κ3) is 6.29. The molecular weight excluding hydrogens is 528 g/mol. The molecule has 0 unspecified atom stereocenters. The fourth-order valence-corrected chi connectivity index (χ4v) is 6.11. The molecule has 206 valence electrons. The van der Waals surface area contributed by atoms with Crippen molar-refractivity contribution in [2.45, 2.75) is 43.4 Å². The monoisotopic (exact) mass is 562 g/mol. The molecule has 0 heterocycles. The summed E-state index contributed by atoms with van der Waals surface area (Å²) in [5.41, 5.74) is 3.20. The van der Waals surface area contributed by atoms with Crippen LogP contribution in [0.2, 0.25) is 0 Å². The van der Waals surface area contributed by atoms with Gasteiger partial charge >= 0.3 is 0 Å². The van der Waals surface area contributed by atoms with Crippen molar-refractivity contribution in [1.29, 1.82) is 0 Å². The number of phenolic OH excluding ortho intramolecular Hbond substituents is 1. The van der Waals surface area contributed by atoms with E-state index in [0.717, 1.165) is 43.6 Å². The second kappa shape index (κ2) is 11.7. The van der Waals surface area contributed by atoms with Crippen molar-refractivity contribution < 1.29 is 31.0 Å². The quantitative estimate of drug-likeness (QED) is 0.223. The lowest BCUT2D eigenvalue weighted by molar-refractivity contribution is 0.440. The summed E-state index contributed by atoms with van der Waals surface area (Å²) in [7, 11) is -9.92. The third-order valence-electron chi connectivity index (χ3n) is 6.67. The van der Waals surface area contributed by atoms with E-state index in [1.807, 2.05) is 76.2 Å². The summed E-state index contributed by atoms with van der Waals surface area (Å²) in [6.45, 7) is 11.3. The molecule has 0 bridgehead atoms. The summed E-state index contributed by atoms with van der Waals surface area (Å²) >= 11 is 0. The van der Waals surface area contributed by atoms with Crippen LogP contribution in [0, 0.1) is 0 Å². The Morgan fingerprint density at radius 3 is 1.32 bits per heavy atom. The van der Waals surface area contributed by atoms with Crippen LogP contribution in [0.15, 0.2) is 70.5 Å². The third-order valence-corrected chi connectivity index (χ3v) is 8.46. The fraction of sp³-hybridized carbons (Fsp3) is 0.333. The zero-order valence-corrected chi connectivity index (χ0v) is 23.5. The number of rotatable bonds is 11. The number of anilines is 2. The van der Waals surface area contributed by atoms with E-state index in [0.29, 0.717) is 17.2 Å². The Morgan fingerprint density at radius 2 is 1.00 bits per heavy atom. The van der Waals surface area contributed by atoms with Crippen molar-refractivity contribution in [3.05, 3.63) is 77.4 Å². The van der Waals surface area contributed by atoms with Crippen molar-refractivity contribution in [1.82, 2.24) is 0 Å². The molecule has 0 saturated heterocycles. The van der Waals surface area contributed by atoms with Gasteiger partial charge in [0.15, 0.2) is 0 Å². The molecule has 0 atom stereocenters. The molecule has 11 heteroatoms. The lowest BCUT2D eigenvalue weighted by Crippen LogP contribution is -2.22. The smallest absolute Gasteiger partial charge is 0.298 e. The number of benzene rings is 3. The van der Waals surface area contributed by atoms with Crippen LogP contribution in [0.3, 0.4) is 0 Å². The van der Waals surface area contributed by atoms with Gasteiger partial charge in [-0.15, -0.1) is 0 Å². The lowest BCUT2D eigenvalue weighted by Gasteiger charge is -2.25. The van der Waals surface area contributed by atoms with E-state index in [1.165, 1.54) is 0 Å². The van der Waals surface area contributed by atoms with Crippen LogP contribution in [0.1, 0.15) is 50.3 Å². The first-order valence-corrected chi connectivity index (χ1v) is 15.2. The number of hydrogen-bond donors (Lipinski definition) is 3. The van der Waals surface area contributed by atoms with Crippen molar-refractivity contribution >= 4 is 31.6 Å². The maximum Gasteiger partial charge on any atom is 0.298 e. The molecule has 0 fully saturated rings. The Morgan fingerprint density at radius 1 is 0.632 bits per heavy atom. The van der Waals surface area contributed by atoms with Crippen LogP contribution in [-0.2, 0) is 20.2 Å². The summed E-state index contributed by atoms with van der Waals surface area (Å²) < 4.78 is 68.0. The molecule has 3 rings (SSSR count). The highest BCUT2D eigenvalue weighted by atomic mass is 32.2. The Bertz CT molecular complexity index is 1410. The van der Waals surface area contributed by atoms with E-state index in [9.17, 15) is 31.0 Å². The van der Waals surface area contributed by atoms with Crippen LogP contribution < -0.4 is 9.80 Å². The van der Waals surface area contributed by atoms with Crippen molar-refractivity contribution in [2.24, 2.45) is 0 Å². The molecule has 3 aromatic rings. The summed E-state index contributed by atoms with van der Waals surface area (Å²) in [4.78, 5) is 2.55. The molecule has 0 amide bonds. The first-order chi connectivity index (χ1) is 17.8. The highest BCUT2D eigenvalue weighted by Gasteiger charge is 2.30. The fourth-order valence-electron chi connectivity index (χ4n) is 4.71. The minimum atomic E-state index is -4.97. The molecule has 0 saturated carbocycles. The lowest BCUT2D eigenvalue weighted by atomic mass is 9.84. The average Bonchev–Trinajstić information content (AvgIpc) is 2.86. The minimum Gasteiger partial charge on any atom is -0.506 e. The number of nitrogens with zero attached hydrogens (tertiary/aromatic N) is 2. The average molecular weight is 563 g/mol. The van der Waals surface area contributed by atoms with Gasteiger partial charge in [0.05, 0.1) is 4.90 Å². The molecule has 0 aliphatic rings. The van der Waals surface area contributed by atoms with Crippen LogP contribution in [0.4, 0.5) is 11.4 Å². The van der Waals surface area contributed by atoms with Crippen LogP contribution in [-0.4, -0.2) is 57.2 Å². The summed E-state index contributed by atoms with van der Waals surface area (Å²) in [6, 6.07) is 16.5. The van der Waals surface area contributed by atoms with Gasteiger partial charge in [-0.1, -0.05) is 24.3 Å². The molecule has 0 aromatic heterocycles. The van der Waals surface area contributed by atoms with Crippen molar-refractivity contribution in [3.8, 4) is 5.75 Å². The zero-order chi connectivity index (χ0) is 28.3. The van der Waals surface area contributed by atoms with Crippen LogP contribution >= 0.6 is 0 Å². The number of hydrogen-bond acceptors (Lipinski definition) is 7. The molecule has 0 radical (unpaired) electrons. The van der Waals surface area contributed by atoms with Crippen molar-refractivity contribution in [2.75, 3.05) is 36.0 Å². The SMILES string of the molecule is CCN(CC)c1ccc(C(c2ccc(N(CC)CC)cc2)c2cc(O)c(S(=O)(=O)O)cc2S(=O)(=O)O)cc1. The molecule has 3 aromatic carbocycles. The van der Waals surface area contributed by atoms with Gasteiger partial charge in [0.2, 0.25) is 0 Å². The highest BCUT2D eigenvalue weighted by molar-refractivity contribution is 7.86. The van der Waals surface area contributed by atoms with E-state index in [-0.39, 0.29) is 5.56 Å². The Balaban J connectivity index is 2.31. The largest absolute Gasteiger partial charge is 0.506 e. The predicted molar refractivity (Wildman–Crippen MR) is 149 cm³/mol. The summed E-state index contributed by atoms with van der Waals surface area (Å²) in [5, 5.41) is 10.5. The number of aromatic hydroxyl groups is 1. The highest BCUT2D eigenvalue weighted by Crippen LogP contribution is 2.40. The minimum absolute atomic E-state index is 0.0384. The van der Waals surface area contributed by atoms with Gasteiger partial charge in [0.25, 0.3) is 20.2 Å². The maximum atomic E-state index is 12.4. The van der Waals surface area contributed by atoms with E-state index < -0.39 is 41.7 Å². The zero-order valence-electron chi connectivity index (χ0n) is 21.9. The Hall–Kier alpha value is -3.12. The van der Waals surface area contributed by atoms with Gasteiger partial charge in [-0.2, -0.15) is 16.8 Å². The van der Waals surface area contributed by atoms with Gasteiger partial charge in [0, 0.05) is 43.5 Å². The Kier molecular flexibility index (Phi) is 9.09. The maximum absolute atomic E-state index is 12.4. The van der Waals surface area contributed by atoms with Gasteiger partial charge in [-0.05, 0) is 80.8 Å². The predicted octanol–water partition coefficient (Wildman–Crippen LogP) is 4.76. The Labute approximate surface area is 224 Å². The summed E-state index contributed by atoms with van der Waals surface area (Å²) in [5.74, 6) is -1.63. The number of phenols is 1. The molecule has 38 heavy (non-hydrogen) atoms. The second-order valence-electron chi connectivity index (χ2n) is 8.77. The van der Waals surface area contributed by atoms with Crippen molar-refractivity contribution in [3.63, 3.8) is 0 Å². The van der Waals surface area contributed by atoms with Gasteiger partial charge < -0.3 is 14.9 Å². The van der Waals surface area contributed by atoms with Crippen LogP contribution in [0.5, 0.6) is 5.75 Å². The first kappa shape index (κ1) is 29.4.